The molecule has 1 aliphatic rings. The maximum Gasteiger partial charge on any atom is 0.573 e. The highest BCUT2D eigenvalue weighted by atomic mass is 19.4. The van der Waals surface area contributed by atoms with Gasteiger partial charge in [-0.2, -0.15) is 0 Å². The van der Waals surface area contributed by atoms with E-state index in [0.29, 0.717) is 13.0 Å². The average molecular weight is 335 g/mol. The third kappa shape index (κ3) is 5.27. The minimum Gasteiger partial charge on any atom is -0.406 e. The Hall–Kier alpha value is -2.01. The molecule has 1 fully saturated rings. The van der Waals surface area contributed by atoms with Crippen LogP contribution in [-0.4, -0.2) is 12.9 Å². The normalized spacial score (nSPS) is 14.6. The summed E-state index contributed by atoms with van der Waals surface area (Å²) in [7, 11) is 0. The van der Waals surface area contributed by atoms with Crippen LogP contribution >= 0.6 is 0 Å². The summed E-state index contributed by atoms with van der Waals surface area (Å²) in [5.74, 6) is 0.592. The zero-order chi connectivity index (χ0) is 17.0. The van der Waals surface area contributed by atoms with Gasteiger partial charge >= 0.3 is 6.36 Å². The van der Waals surface area contributed by atoms with E-state index in [2.05, 4.69) is 34.3 Å². The fourth-order valence-electron chi connectivity index (χ4n) is 2.69. The van der Waals surface area contributed by atoms with Crippen LogP contribution in [0.15, 0.2) is 48.5 Å². The van der Waals surface area contributed by atoms with E-state index in [-0.39, 0.29) is 5.75 Å². The first-order valence-corrected chi connectivity index (χ1v) is 8.14. The molecule has 0 atom stereocenters. The Morgan fingerprint density at radius 2 is 1.75 bits per heavy atom. The summed E-state index contributed by atoms with van der Waals surface area (Å²) in [5.41, 5.74) is 3.45. The monoisotopic (exact) mass is 335 g/mol. The number of rotatable bonds is 7. The lowest BCUT2D eigenvalue weighted by Gasteiger charge is -2.10. The molecule has 128 valence electrons. The van der Waals surface area contributed by atoms with E-state index in [1.807, 2.05) is 0 Å². The van der Waals surface area contributed by atoms with Crippen LogP contribution < -0.4 is 10.1 Å². The Morgan fingerprint density at radius 3 is 2.42 bits per heavy atom. The summed E-state index contributed by atoms with van der Waals surface area (Å²) in [6.45, 7) is 1.45. The van der Waals surface area contributed by atoms with Crippen LogP contribution in [0.5, 0.6) is 5.75 Å². The molecule has 0 aliphatic heterocycles. The molecule has 3 rings (SSSR count). The van der Waals surface area contributed by atoms with E-state index >= 15 is 0 Å². The molecular formula is C19H20F3NO. The Morgan fingerprint density at radius 1 is 1.00 bits per heavy atom. The molecule has 0 amide bonds. The Bertz CT molecular complexity index is 663. The second-order valence-electron chi connectivity index (χ2n) is 6.14. The highest BCUT2D eigenvalue weighted by Gasteiger charge is 2.31. The number of alkyl halides is 3. The van der Waals surface area contributed by atoms with Crippen molar-refractivity contribution < 1.29 is 17.9 Å². The first-order chi connectivity index (χ1) is 11.5. The van der Waals surface area contributed by atoms with Gasteiger partial charge in [0.25, 0.3) is 0 Å². The van der Waals surface area contributed by atoms with Crippen LogP contribution in [0.1, 0.15) is 35.4 Å². The molecule has 2 aromatic rings. The van der Waals surface area contributed by atoms with E-state index in [9.17, 15) is 13.2 Å². The summed E-state index contributed by atoms with van der Waals surface area (Å²) < 4.78 is 40.6. The van der Waals surface area contributed by atoms with Gasteiger partial charge in [0.1, 0.15) is 5.75 Å². The van der Waals surface area contributed by atoms with Gasteiger partial charge in [-0.1, -0.05) is 36.4 Å². The molecule has 0 heterocycles. The summed E-state index contributed by atoms with van der Waals surface area (Å²) in [6, 6.07) is 14.8. The second kappa shape index (κ2) is 7.26. The molecule has 0 spiro atoms. The molecular weight excluding hydrogens is 315 g/mol. The highest BCUT2D eigenvalue weighted by molar-refractivity contribution is 5.29. The molecule has 2 aromatic carbocycles. The fraction of sp³-hybridized carbons (Fsp3) is 0.368. The van der Waals surface area contributed by atoms with Gasteiger partial charge in [0.05, 0.1) is 0 Å². The summed E-state index contributed by atoms with van der Waals surface area (Å²) >= 11 is 0. The zero-order valence-electron chi connectivity index (χ0n) is 13.3. The number of nitrogens with one attached hydrogen (secondary N) is 1. The van der Waals surface area contributed by atoms with Gasteiger partial charge in [0, 0.05) is 6.54 Å². The second-order valence-corrected chi connectivity index (χ2v) is 6.14. The first kappa shape index (κ1) is 16.8. The van der Waals surface area contributed by atoms with Crippen LogP contribution in [0, 0.1) is 0 Å². The Labute approximate surface area is 139 Å². The maximum atomic E-state index is 12.2. The van der Waals surface area contributed by atoms with Crippen molar-refractivity contribution in [2.75, 3.05) is 6.54 Å². The summed E-state index contributed by atoms with van der Waals surface area (Å²) in [4.78, 5) is 0. The van der Waals surface area contributed by atoms with E-state index in [4.69, 9.17) is 0 Å². The molecule has 1 N–H and O–H groups in total. The predicted molar refractivity (Wildman–Crippen MR) is 87.0 cm³/mol. The van der Waals surface area contributed by atoms with E-state index < -0.39 is 6.36 Å². The van der Waals surface area contributed by atoms with Gasteiger partial charge in [0.2, 0.25) is 0 Å². The molecule has 0 radical (unpaired) electrons. The smallest absolute Gasteiger partial charge is 0.406 e. The van der Waals surface area contributed by atoms with Crippen LogP contribution in [-0.2, 0) is 13.0 Å². The molecule has 0 aromatic heterocycles. The van der Waals surface area contributed by atoms with Gasteiger partial charge in [0.15, 0.2) is 0 Å². The van der Waals surface area contributed by atoms with E-state index in [1.54, 1.807) is 12.1 Å². The van der Waals surface area contributed by atoms with Crippen molar-refractivity contribution in [1.29, 1.82) is 0 Å². The number of hydrogen-bond donors (Lipinski definition) is 1. The number of benzene rings is 2. The zero-order valence-corrected chi connectivity index (χ0v) is 13.3. The fourth-order valence-corrected chi connectivity index (χ4v) is 2.69. The number of ether oxygens (including phenoxy) is 1. The van der Waals surface area contributed by atoms with Crippen molar-refractivity contribution >= 4 is 0 Å². The lowest BCUT2D eigenvalue weighted by atomic mass is 10.1. The SMILES string of the molecule is FC(F)(F)Oc1cccc(CCNCc2ccc(C3CC3)cc2)c1. The standard InChI is InChI=1S/C19H20F3NO/c20-19(21,22)24-18-3-1-2-14(12-18)10-11-23-13-15-4-6-16(7-5-15)17-8-9-17/h1-7,12,17,23H,8-11,13H2. The van der Waals surface area contributed by atoms with Crippen molar-refractivity contribution in [2.45, 2.75) is 38.1 Å². The first-order valence-electron chi connectivity index (χ1n) is 8.14. The highest BCUT2D eigenvalue weighted by Crippen LogP contribution is 2.39. The summed E-state index contributed by atoms with van der Waals surface area (Å²) in [6.07, 6.45) is -1.40. The largest absolute Gasteiger partial charge is 0.573 e. The molecule has 0 bridgehead atoms. The third-order valence-electron chi connectivity index (χ3n) is 4.08. The molecule has 2 nitrogen and oxygen atoms in total. The molecule has 24 heavy (non-hydrogen) atoms. The summed E-state index contributed by atoms with van der Waals surface area (Å²) in [5, 5.41) is 3.32. The van der Waals surface area contributed by atoms with Crippen LogP contribution in [0.3, 0.4) is 0 Å². The quantitative estimate of drug-likeness (QED) is 0.734. The molecule has 0 unspecified atom stereocenters. The Kier molecular flexibility index (Phi) is 5.09. The van der Waals surface area contributed by atoms with Crippen molar-refractivity contribution in [2.24, 2.45) is 0 Å². The predicted octanol–water partition coefficient (Wildman–Crippen LogP) is 4.79. The minimum atomic E-state index is -4.65. The van der Waals surface area contributed by atoms with Crippen molar-refractivity contribution in [1.82, 2.24) is 5.32 Å². The molecule has 1 aliphatic carbocycles. The van der Waals surface area contributed by atoms with Gasteiger partial charge in [-0.25, -0.2) is 0 Å². The third-order valence-corrected chi connectivity index (χ3v) is 4.08. The average Bonchev–Trinajstić information content (AvgIpc) is 3.36. The minimum absolute atomic E-state index is 0.171. The van der Waals surface area contributed by atoms with Crippen molar-refractivity contribution in [3.8, 4) is 5.75 Å². The number of halogens is 3. The number of hydrogen-bond acceptors (Lipinski definition) is 2. The molecule has 0 saturated heterocycles. The van der Waals surface area contributed by atoms with Crippen molar-refractivity contribution in [3.05, 3.63) is 65.2 Å². The van der Waals surface area contributed by atoms with Crippen LogP contribution in [0.4, 0.5) is 13.2 Å². The Balaban J connectivity index is 1.43. The molecule has 5 heteroatoms. The van der Waals surface area contributed by atoms with Gasteiger partial charge in [-0.15, -0.1) is 13.2 Å². The lowest BCUT2D eigenvalue weighted by molar-refractivity contribution is -0.274. The van der Waals surface area contributed by atoms with Gasteiger partial charge in [-0.3, -0.25) is 0 Å². The topological polar surface area (TPSA) is 21.3 Å². The lowest BCUT2D eigenvalue weighted by Crippen LogP contribution is -2.18. The maximum absolute atomic E-state index is 12.2. The van der Waals surface area contributed by atoms with Gasteiger partial charge in [-0.05, 0) is 60.5 Å². The van der Waals surface area contributed by atoms with Crippen LogP contribution in [0.2, 0.25) is 0 Å². The van der Waals surface area contributed by atoms with E-state index in [1.165, 1.54) is 36.1 Å². The van der Waals surface area contributed by atoms with Gasteiger partial charge < -0.3 is 10.1 Å². The van der Waals surface area contributed by atoms with E-state index in [0.717, 1.165) is 18.0 Å². The molecule has 1 saturated carbocycles. The van der Waals surface area contributed by atoms with Crippen molar-refractivity contribution in [3.63, 3.8) is 0 Å². The van der Waals surface area contributed by atoms with Crippen LogP contribution in [0.25, 0.3) is 0 Å².